The molecule has 19 heavy (non-hydrogen) atoms. The van der Waals surface area contributed by atoms with Gasteiger partial charge in [0.1, 0.15) is 0 Å². The predicted octanol–water partition coefficient (Wildman–Crippen LogP) is 2.48. The van der Waals surface area contributed by atoms with Gasteiger partial charge in [0.2, 0.25) is 0 Å². The number of rotatable bonds is 4. The Kier molecular flexibility index (Phi) is 3.62. The molecule has 0 spiro atoms. The van der Waals surface area contributed by atoms with Crippen LogP contribution >= 0.6 is 0 Å². The second-order valence-electron chi connectivity index (χ2n) is 4.85. The summed E-state index contributed by atoms with van der Waals surface area (Å²) in [5.74, 6) is -0.878. The van der Waals surface area contributed by atoms with E-state index in [2.05, 4.69) is 18.4 Å². The highest BCUT2D eigenvalue weighted by molar-refractivity contribution is 5.97. The van der Waals surface area contributed by atoms with Crippen LogP contribution in [0.5, 0.6) is 0 Å². The molecular weight excluding hydrogens is 240 g/mol. The van der Waals surface area contributed by atoms with Crippen LogP contribution in [0.25, 0.3) is 10.9 Å². The molecule has 0 aliphatic rings. The third-order valence-electron chi connectivity index (χ3n) is 3.69. The molecule has 102 valence electrons. The first-order chi connectivity index (χ1) is 9.01. The Bertz CT molecular complexity index is 641. The molecule has 0 atom stereocenters. The molecule has 0 saturated heterocycles. The summed E-state index contributed by atoms with van der Waals surface area (Å²) < 4.78 is 2.20. The zero-order valence-electron chi connectivity index (χ0n) is 11.7. The summed E-state index contributed by atoms with van der Waals surface area (Å²) in [7, 11) is 0. The lowest BCUT2D eigenvalue weighted by atomic mass is 10.0. The van der Waals surface area contributed by atoms with E-state index >= 15 is 0 Å². The Morgan fingerprint density at radius 3 is 2.58 bits per heavy atom. The van der Waals surface area contributed by atoms with Crippen LogP contribution in [0.3, 0.4) is 0 Å². The van der Waals surface area contributed by atoms with Crippen molar-refractivity contribution < 1.29 is 9.90 Å². The van der Waals surface area contributed by atoms with Gasteiger partial charge >= 0.3 is 5.97 Å². The predicted molar refractivity (Wildman–Crippen MR) is 76.8 cm³/mol. The van der Waals surface area contributed by atoms with Gasteiger partial charge < -0.3 is 15.4 Å². The van der Waals surface area contributed by atoms with E-state index in [1.54, 1.807) is 12.1 Å². The van der Waals surface area contributed by atoms with Crippen molar-refractivity contribution in [2.24, 2.45) is 5.73 Å². The number of aryl methyl sites for hydroxylation is 2. The molecule has 1 aromatic heterocycles. The summed E-state index contributed by atoms with van der Waals surface area (Å²) >= 11 is 0. The van der Waals surface area contributed by atoms with Crippen molar-refractivity contribution in [1.82, 2.24) is 4.57 Å². The summed E-state index contributed by atoms with van der Waals surface area (Å²) in [5.41, 5.74) is 10.5. The van der Waals surface area contributed by atoms with Crippen molar-refractivity contribution in [2.45, 2.75) is 33.7 Å². The molecule has 0 aliphatic heterocycles. The lowest BCUT2D eigenvalue weighted by molar-refractivity contribution is 0.0697. The summed E-state index contributed by atoms with van der Waals surface area (Å²) in [4.78, 5) is 11.2. The van der Waals surface area contributed by atoms with Gasteiger partial charge in [-0.2, -0.15) is 0 Å². The number of carboxylic acid groups (broad SMARTS) is 1. The fourth-order valence-corrected chi connectivity index (χ4v) is 2.87. The first kappa shape index (κ1) is 13.6. The van der Waals surface area contributed by atoms with Gasteiger partial charge in [0.05, 0.1) is 11.1 Å². The largest absolute Gasteiger partial charge is 0.478 e. The highest BCUT2D eigenvalue weighted by atomic mass is 16.4. The van der Waals surface area contributed by atoms with Crippen molar-refractivity contribution in [3.05, 3.63) is 34.5 Å². The first-order valence-electron chi connectivity index (χ1n) is 6.56. The van der Waals surface area contributed by atoms with E-state index in [1.165, 1.54) is 11.3 Å². The van der Waals surface area contributed by atoms with Gasteiger partial charge in [-0.1, -0.05) is 6.92 Å². The van der Waals surface area contributed by atoms with Crippen molar-refractivity contribution in [3.63, 3.8) is 0 Å². The molecule has 3 N–H and O–H groups in total. The Morgan fingerprint density at radius 1 is 1.37 bits per heavy atom. The lowest BCUT2D eigenvalue weighted by Gasteiger charge is -2.09. The smallest absolute Gasteiger partial charge is 0.335 e. The van der Waals surface area contributed by atoms with Crippen LogP contribution in [0.4, 0.5) is 0 Å². The number of hydrogen-bond acceptors (Lipinski definition) is 2. The van der Waals surface area contributed by atoms with Gasteiger partial charge in [0.25, 0.3) is 0 Å². The van der Waals surface area contributed by atoms with E-state index in [0.717, 1.165) is 29.4 Å². The van der Waals surface area contributed by atoms with E-state index in [0.29, 0.717) is 12.1 Å². The highest BCUT2D eigenvalue weighted by Gasteiger charge is 2.16. The number of fused-ring (bicyclic) bond motifs is 1. The van der Waals surface area contributed by atoms with Gasteiger partial charge in [0, 0.05) is 24.2 Å². The number of carboxylic acids is 1. The van der Waals surface area contributed by atoms with Crippen LogP contribution in [0.15, 0.2) is 12.1 Å². The summed E-state index contributed by atoms with van der Waals surface area (Å²) in [6, 6.07) is 3.51. The maximum absolute atomic E-state index is 11.2. The number of aromatic nitrogens is 1. The topological polar surface area (TPSA) is 68.2 Å². The number of aromatic carboxylic acids is 1. The zero-order valence-corrected chi connectivity index (χ0v) is 11.7. The second kappa shape index (κ2) is 5.05. The first-order valence-corrected chi connectivity index (χ1v) is 6.56. The Labute approximate surface area is 112 Å². The number of nitrogens with two attached hydrogens (primary N) is 1. The van der Waals surface area contributed by atoms with Crippen LogP contribution in [-0.4, -0.2) is 22.2 Å². The second-order valence-corrected chi connectivity index (χ2v) is 4.85. The van der Waals surface area contributed by atoms with E-state index in [1.807, 2.05) is 6.92 Å². The standard InChI is InChI=1S/C15H20N2O2/c1-4-12-10(3)17(6-5-16)14-9(2)7-11(15(18)19)8-13(12)14/h7-8H,4-6,16H2,1-3H3,(H,18,19). The third kappa shape index (κ3) is 2.12. The van der Waals surface area contributed by atoms with E-state index in [-0.39, 0.29) is 0 Å². The number of benzene rings is 1. The average molecular weight is 260 g/mol. The van der Waals surface area contributed by atoms with E-state index < -0.39 is 5.97 Å². The van der Waals surface area contributed by atoms with Crippen LogP contribution in [0, 0.1) is 13.8 Å². The van der Waals surface area contributed by atoms with Crippen molar-refractivity contribution in [3.8, 4) is 0 Å². The van der Waals surface area contributed by atoms with Gasteiger partial charge in [-0.15, -0.1) is 0 Å². The van der Waals surface area contributed by atoms with E-state index in [9.17, 15) is 9.90 Å². The molecule has 4 nitrogen and oxygen atoms in total. The molecule has 0 unspecified atom stereocenters. The highest BCUT2D eigenvalue weighted by Crippen LogP contribution is 2.30. The monoisotopic (exact) mass is 260 g/mol. The molecule has 2 aromatic rings. The summed E-state index contributed by atoms with van der Waals surface area (Å²) in [5, 5.41) is 10.2. The molecule has 0 aliphatic carbocycles. The maximum Gasteiger partial charge on any atom is 0.335 e. The Hall–Kier alpha value is -1.81. The summed E-state index contributed by atoms with van der Waals surface area (Å²) in [6.07, 6.45) is 0.891. The quantitative estimate of drug-likeness (QED) is 0.887. The molecule has 0 fully saturated rings. The number of hydrogen-bond donors (Lipinski definition) is 2. The molecule has 4 heteroatoms. The van der Waals surface area contributed by atoms with Gasteiger partial charge in [-0.25, -0.2) is 4.79 Å². The maximum atomic E-state index is 11.2. The Morgan fingerprint density at radius 2 is 2.05 bits per heavy atom. The molecule has 0 bridgehead atoms. The van der Waals surface area contributed by atoms with Crippen LogP contribution in [0.2, 0.25) is 0 Å². The zero-order chi connectivity index (χ0) is 14.2. The minimum Gasteiger partial charge on any atom is -0.478 e. The SMILES string of the molecule is CCc1c(C)n(CCN)c2c(C)cc(C(=O)O)cc12. The molecule has 0 amide bonds. The molecule has 0 saturated carbocycles. The van der Waals surface area contributed by atoms with Crippen LogP contribution in [0.1, 0.15) is 34.1 Å². The molecule has 1 heterocycles. The molecule has 2 rings (SSSR count). The van der Waals surface area contributed by atoms with Crippen molar-refractivity contribution in [2.75, 3.05) is 6.54 Å². The summed E-state index contributed by atoms with van der Waals surface area (Å²) in [6.45, 7) is 7.47. The van der Waals surface area contributed by atoms with Gasteiger partial charge in [-0.3, -0.25) is 0 Å². The van der Waals surface area contributed by atoms with E-state index in [4.69, 9.17) is 5.73 Å². The normalized spacial score (nSPS) is 11.2. The van der Waals surface area contributed by atoms with Crippen LogP contribution < -0.4 is 5.73 Å². The Balaban J connectivity index is 2.85. The molecule has 1 aromatic carbocycles. The van der Waals surface area contributed by atoms with Crippen molar-refractivity contribution >= 4 is 16.9 Å². The third-order valence-corrected chi connectivity index (χ3v) is 3.69. The lowest BCUT2D eigenvalue weighted by Crippen LogP contribution is -2.11. The van der Waals surface area contributed by atoms with Gasteiger partial charge in [-0.05, 0) is 43.5 Å². The molecular formula is C15H20N2O2. The van der Waals surface area contributed by atoms with Crippen LogP contribution in [-0.2, 0) is 13.0 Å². The average Bonchev–Trinajstić information content (AvgIpc) is 2.63. The minimum absolute atomic E-state index is 0.351. The fourth-order valence-electron chi connectivity index (χ4n) is 2.87. The molecule has 0 radical (unpaired) electrons. The van der Waals surface area contributed by atoms with Gasteiger partial charge in [0.15, 0.2) is 0 Å². The fraction of sp³-hybridized carbons (Fsp3) is 0.400. The number of nitrogens with zero attached hydrogens (tertiary/aromatic N) is 1. The minimum atomic E-state index is -0.878. The van der Waals surface area contributed by atoms with Crippen molar-refractivity contribution in [1.29, 1.82) is 0 Å². The number of carbonyl (C=O) groups is 1.